The first-order valence-electron chi connectivity index (χ1n) is 6.41. The molecule has 1 amide bonds. The van der Waals surface area contributed by atoms with Crippen LogP contribution in [0, 0.1) is 6.92 Å². The molecule has 0 radical (unpaired) electrons. The van der Waals surface area contributed by atoms with Crippen LogP contribution in [-0.4, -0.2) is 39.3 Å². The topological polar surface area (TPSA) is 129 Å². The zero-order valence-corrected chi connectivity index (χ0v) is 13.1. The number of rotatable bonds is 4. The number of thiazole rings is 1. The molecular formula is C14H14N2O6S. The first-order valence-corrected chi connectivity index (χ1v) is 7.23. The van der Waals surface area contributed by atoms with Gasteiger partial charge >= 0.3 is 5.97 Å². The van der Waals surface area contributed by atoms with Crippen molar-refractivity contribution < 1.29 is 29.6 Å². The number of aromatic nitrogens is 1. The van der Waals surface area contributed by atoms with Crippen molar-refractivity contribution in [3.05, 3.63) is 28.3 Å². The van der Waals surface area contributed by atoms with E-state index in [1.807, 2.05) is 0 Å². The van der Waals surface area contributed by atoms with Crippen LogP contribution in [0.15, 0.2) is 12.1 Å². The maximum absolute atomic E-state index is 12.1. The second-order valence-corrected chi connectivity index (χ2v) is 5.68. The highest BCUT2D eigenvalue weighted by Crippen LogP contribution is 2.35. The van der Waals surface area contributed by atoms with Crippen molar-refractivity contribution in [3.63, 3.8) is 0 Å². The van der Waals surface area contributed by atoms with Crippen molar-refractivity contribution in [2.45, 2.75) is 13.3 Å². The number of nitrogens with one attached hydrogen (secondary N) is 1. The fourth-order valence-corrected chi connectivity index (χ4v) is 2.70. The van der Waals surface area contributed by atoms with Gasteiger partial charge in [-0.05, 0) is 19.1 Å². The third-order valence-corrected chi connectivity index (χ3v) is 4.05. The molecule has 8 nitrogen and oxygen atoms in total. The van der Waals surface area contributed by atoms with Crippen molar-refractivity contribution in [1.29, 1.82) is 0 Å². The lowest BCUT2D eigenvalue weighted by Gasteiger charge is -2.05. The number of benzene rings is 1. The molecule has 0 fully saturated rings. The van der Waals surface area contributed by atoms with Crippen LogP contribution in [0.4, 0.5) is 5.13 Å². The number of hydrogen-bond donors (Lipinski definition) is 4. The molecule has 23 heavy (non-hydrogen) atoms. The highest BCUT2D eigenvalue weighted by atomic mass is 32.1. The second kappa shape index (κ2) is 6.53. The summed E-state index contributed by atoms with van der Waals surface area (Å²) in [7, 11) is 1.28. The van der Waals surface area contributed by atoms with Gasteiger partial charge in [-0.3, -0.25) is 14.9 Å². The van der Waals surface area contributed by atoms with Gasteiger partial charge < -0.3 is 20.1 Å². The Labute approximate surface area is 135 Å². The number of hydrogen-bond acceptors (Lipinski definition) is 8. The fraction of sp³-hybridized carbons (Fsp3) is 0.214. The molecule has 122 valence electrons. The molecule has 4 N–H and O–H groups in total. The highest BCUT2D eigenvalue weighted by molar-refractivity contribution is 7.16. The number of aryl methyl sites for hydroxylation is 1. The van der Waals surface area contributed by atoms with E-state index in [9.17, 15) is 24.9 Å². The van der Waals surface area contributed by atoms with Gasteiger partial charge in [-0.2, -0.15) is 0 Å². The lowest BCUT2D eigenvalue weighted by Crippen LogP contribution is -2.11. The average Bonchev–Trinajstić information content (AvgIpc) is 2.83. The molecular weight excluding hydrogens is 324 g/mol. The van der Waals surface area contributed by atoms with Gasteiger partial charge in [0, 0.05) is 10.4 Å². The molecule has 0 unspecified atom stereocenters. The summed E-state index contributed by atoms with van der Waals surface area (Å²) < 4.78 is 4.58. The summed E-state index contributed by atoms with van der Waals surface area (Å²) in [4.78, 5) is 28.2. The number of carbonyl (C=O) groups excluding carboxylic acids is 2. The molecule has 1 aromatic carbocycles. The van der Waals surface area contributed by atoms with Crippen molar-refractivity contribution in [3.8, 4) is 17.2 Å². The summed E-state index contributed by atoms with van der Waals surface area (Å²) in [6.07, 6.45) is 0.0522. The van der Waals surface area contributed by atoms with Crippen LogP contribution in [0.5, 0.6) is 17.2 Å². The molecule has 2 aromatic rings. The standard InChI is InChI=1S/C14H14N2O6S/c1-6-10(5-11(19)22-2)23-14(15-6)16-13(21)7-3-8(17)12(20)9(18)4-7/h3-4,17-18,20H,5H2,1-2H3,(H,15,16,21). The molecule has 0 atom stereocenters. The summed E-state index contributed by atoms with van der Waals surface area (Å²) >= 11 is 1.12. The van der Waals surface area contributed by atoms with Gasteiger partial charge in [0.2, 0.25) is 0 Å². The number of carbonyl (C=O) groups is 2. The number of nitrogens with zero attached hydrogens (tertiary/aromatic N) is 1. The number of aromatic hydroxyl groups is 3. The van der Waals surface area contributed by atoms with Gasteiger partial charge in [0.25, 0.3) is 5.91 Å². The lowest BCUT2D eigenvalue weighted by molar-refractivity contribution is -0.139. The van der Waals surface area contributed by atoms with E-state index in [-0.39, 0.29) is 17.1 Å². The van der Waals surface area contributed by atoms with Gasteiger partial charge in [0.1, 0.15) is 0 Å². The van der Waals surface area contributed by atoms with E-state index < -0.39 is 29.1 Å². The summed E-state index contributed by atoms with van der Waals surface area (Å²) in [6.45, 7) is 1.70. The summed E-state index contributed by atoms with van der Waals surface area (Å²) in [5.74, 6) is -2.97. The van der Waals surface area contributed by atoms with Crippen LogP contribution >= 0.6 is 11.3 Å². The maximum Gasteiger partial charge on any atom is 0.310 e. The molecule has 0 aliphatic carbocycles. The molecule has 0 saturated carbocycles. The Bertz CT molecular complexity index is 748. The van der Waals surface area contributed by atoms with Crippen molar-refractivity contribution in [2.75, 3.05) is 12.4 Å². The largest absolute Gasteiger partial charge is 0.504 e. The minimum atomic E-state index is -0.702. The number of phenols is 3. The van der Waals surface area contributed by atoms with E-state index in [0.29, 0.717) is 10.6 Å². The van der Waals surface area contributed by atoms with E-state index in [0.717, 1.165) is 23.5 Å². The Morgan fingerprint density at radius 3 is 2.43 bits per heavy atom. The Kier molecular flexibility index (Phi) is 4.70. The Balaban J connectivity index is 2.18. The summed E-state index contributed by atoms with van der Waals surface area (Å²) in [5, 5.41) is 30.9. The SMILES string of the molecule is COC(=O)Cc1sc(NC(=O)c2cc(O)c(O)c(O)c2)nc1C. The third-order valence-electron chi connectivity index (χ3n) is 2.98. The smallest absolute Gasteiger partial charge is 0.310 e. The van der Waals surface area contributed by atoms with Crippen LogP contribution in [0.1, 0.15) is 20.9 Å². The van der Waals surface area contributed by atoms with Crippen LogP contribution < -0.4 is 5.32 Å². The van der Waals surface area contributed by atoms with Gasteiger partial charge in [-0.15, -0.1) is 11.3 Å². The monoisotopic (exact) mass is 338 g/mol. The Morgan fingerprint density at radius 2 is 1.87 bits per heavy atom. The second-order valence-electron chi connectivity index (χ2n) is 4.60. The molecule has 0 bridgehead atoms. The lowest BCUT2D eigenvalue weighted by atomic mass is 10.1. The zero-order valence-electron chi connectivity index (χ0n) is 12.3. The van der Waals surface area contributed by atoms with Crippen molar-refractivity contribution >= 4 is 28.3 Å². The molecule has 1 aromatic heterocycles. The molecule has 1 heterocycles. The highest BCUT2D eigenvalue weighted by Gasteiger charge is 2.17. The minimum Gasteiger partial charge on any atom is -0.504 e. The number of esters is 1. The minimum absolute atomic E-state index is 0.0522. The van der Waals surface area contributed by atoms with E-state index in [1.165, 1.54) is 7.11 Å². The predicted molar refractivity (Wildman–Crippen MR) is 82.0 cm³/mol. The fourth-order valence-electron chi connectivity index (χ4n) is 1.75. The molecule has 9 heteroatoms. The number of phenolic OH excluding ortho intramolecular Hbond substituents is 3. The van der Waals surface area contributed by atoms with Crippen molar-refractivity contribution in [2.24, 2.45) is 0 Å². The quantitative estimate of drug-likeness (QED) is 0.491. The van der Waals surface area contributed by atoms with Gasteiger partial charge in [-0.25, -0.2) is 4.98 Å². The average molecular weight is 338 g/mol. The number of amides is 1. The Hall–Kier alpha value is -2.81. The van der Waals surface area contributed by atoms with Crippen LogP contribution in [0.2, 0.25) is 0 Å². The number of ether oxygens (including phenoxy) is 1. The molecule has 0 aliphatic heterocycles. The first-order chi connectivity index (χ1) is 10.8. The van der Waals surface area contributed by atoms with E-state index in [4.69, 9.17) is 0 Å². The number of methoxy groups -OCH3 is 1. The normalized spacial score (nSPS) is 10.3. The van der Waals surface area contributed by atoms with Gasteiger partial charge in [0.05, 0.1) is 19.2 Å². The van der Waals surface area contributed by atoms with E-state index in [2.05, 4.69) is 15.0 Å². The zero-order chi connectivity index (χ0) is 17.1. The predicted octanol–water partition coefficient (Wildman–Crippen LogP) is 1.54. The van der Waals surface area contributed by atoms with Gasteiger partial charge in [-0.1, -0.05) is 0 Å². The maximum atomic E-state index is 12.1. The summed E-state index contributed by atoms with van der Waals surface area (Å²) in [5.41, 5.74) is 0.535. The van der Waals surface area contributed by atoms with Crippen LogP contribution in [-0.2, 0) is 16.0 Å². The van der Waals surface area contributed by atoms with E-state index in [1.54, 1.807) is 6.92 Å². The van der Waals surface area contributed by atoms with Crippen LogP contribution in [0.25, 0.3) is 0 Å². The van der Waals surface area contributed by atoms with Crippen LogP contribution in [0.3, 0.4) is 0 Å². The Morgan fingerprint density at radius 1 is 1.26 bits per heavy atom. The van der Waals surface area contributed by atoms with E-state index >= 15 is 0 Å². The molecule has 2 rings (SSSR count). The molecule has 0 aliphatic rings. The first kappa shape index (κ1) is 16.6. The molecule has 0 spiro atoms. The van der Waals surface area contributed by atoms with Gasteiger partial charge in [0.15, 0.2) is 22.4 Å². The third kappa shape index (κ3) is 3.69. The van der Waals surface area contributed by atoms with Crippen molar-refractivity contribution in [1.82, 2.24) is 4.98 Å². The summed E-state index contributed by atoms with van der Waals surface area (Å²) in [6, 6.07) is 2.03. The molecule has 0 saturated heterocycles. The number of anilines is 1.